The lowest BCUT2D eigenvalue weighted by Gasteiger charge is -2.24. The zero-order valence-electron chi connectivity index (χ0n) is 20.7. The zero-order chi connectivity index (χ0) is 23.7. The predicted octanol–water partition coefficient (Wildman–Crippen LogP) is 5.59. The SMILES string of the molecule is CCCCCCCCCCCCNC(=O)C1(C(CC)C(=O)NCCCCCC(=O)O)CC1. The van der Waals surface area contributed by atoms with Crippen LogP contribution in [0, 0.1) is 11.3 Å². The minimum Gasteiger partial charge on any atom is -0.481 e. The van der Waals surface area contributed by atoms with Gasteiger partial charge in [0.25, 0.3) is 0 Å². The quantitative estimate of drug-likeness (QED) is 0.198. The van der Waals surface area contributed by atoms with E-state index in [1.54, 1.807) is 0 Å². The first-order chi connectivity index (χ1) is 15.5. The number of carbonyl (C=O) groups is 3. The van der Waals surface area contributed by atoms with Crippen molar-refractivity contribution in [1.29, 1.82) is 0 Å². The molecule has 0 radical (unpaired) electrons. The molecule has 0 aliphatic heterocycles. The Morgan fingerprint density at radius 1 is 0.750 bits per heavy atom. The average Bonchev–Trinajstić information content (AvgIpc) is 3.56. The van der Waals surface area contributed by atoms with Crippen LogP contribution in [0.2, 0.25) is 0 Å². The second-order valence-corrected chi connectivity index (χ2v) is 9.55. The third-order valence-electron chi connectivity index (χ3n) is 6.82. The number of carbonyl (C=O) groups excluding carboxylic acids is 2. The Morgan fingerprint density at radius 3 is 1.75 bits per heavy atom. The Kier molecular flexibility index (Phi) is 15.1. The minimum atomic E-state index is -0.778. The third-order valence-corrected chi connectivity index (χ3v) is 6.82. The highest BCUT2D eigenvalue weighted by molar-refractivity contribution is 5.92. The normalized spacial score (nSPS) is 15.2. The van der Waals surface area contributed by atoms with E-state index >= 15 is 0 Å². The number of hydrogen-bond acceptors (Lipinski definition) is 3. The molecule has 3 N–H and O–H groups in total. The lowest BCUT2D eigenvalue weighted by Crippen LogP contribution is -2.44. The molecule has 2 amide bonds. The van der Waals surface area contributed by atoms with E-state index in [-0.39, 0.29) is 24.2 Å². The van der Waals surface area contributed by atoms with Gasteiger partial charge < -0.3 is 15.7 Å². The molecule has 0 aromatic carbocycles. The fraction of sp³-hybridized carbons (Fsp3) is 0.885. The largest absolute Gasteiger partial charge is 0.481 e. The van der Waals surface area contributed by atoms with Crippen LogP contribution in [0.25, 0.3) is 0 Å². The predicted molar refractivity (Wildman–Crippen MR) is 129 cm³/mol. The summed E-state index contributed by atoms with van der Waals surface area (Å²) in [5, 5.41) is 14.7. The van der Waals surface area contributed by atoms with Gasteiger partial charge in [-0.2, -0.15) is 0 Å². The standard InChI is InChI=1S/C26H48N2O4/c1-3-5-6-7-8-9-10-11-12-15-21-28-25(32)26(18-19-26)22(4-2)24(31)27-20-16-13-14-17-23(29)30/h22H,3-21H2,1-2H3,(H,27,31)(H,28,32)(H,29,30). The monoisotopic (exact) mass is 452 g/mol. The third kappa shape index (κ3) is 11.3. The average molecular weight is 453 g/mol. The molecule has 32 heavy (non-hydrogen) atoms. The second kappa shape index (κ2) is 17.0. The maximum absolute atomic E-state index is 12.8. The number of rotatable bonds is 21. The smallest absolute Gasteiger partial charge is 0.303 e. The molecular formula is C26H48N2O4. The molecule has 1 aliphatic rings. The first kappa shape index (κ1) is 28.4. The van der Waals surface area contributed by atoms with Crippen LogP contribution < -0.4 is 10.6 Å². The molecule has 0 heterocycles. The maximum Gasteiger partial charge on any atom is 0.303 e. The van der Waals surface area contributed by atoms with Gasteiger partial charge in [-0.1, -0.05) is 78.1 Å². The molecule has 1 unspecified atom stereocenters. The summed E-state index contributed by atoms with van der Waals surface area (Å²) in [4.78, 5) is 36.0. The van der Waals surface area contributed by atoms with Gasteiger partial charge >= 0.3 is 5.97 Å². The molecule has 0 spiro atoms. The highest BCUT2D eigenvalue weighted by atomic mass is 16.4. The van der Waals surface area contributed by atoms with Crippen LogP contribution in [-0.4, -0.2) is 36.0 Å². The van der Waals surface area contributed by atoms with Gasteiger partial charge in [0.15, 0.2) is 0 Å². The Labute approximate surface area is 195 Å². The lowest BCUT2D eigenvalue weighted by molar-refractivity contribution is -0.137. The minimum absolute atomic E-state index is 0.0303. The number of unbranched alkanes of at least 4 members (excludes halogenated alkanes) is 11. The number of nitrogens with one attached hydrogen (secondary N) is 2. The molecule has 0 aromatic heterocycles. The van der Waals surface area contributed by atoms with Gasteiger partial charge in [0, 0.05) is 19.5 Å². The molecule has 0 bridgehead atoms. The molecule has 1 atom stereocenters. The van der Waals surface area contributed by atoms with E-state index in [9.17, 15) is 14.4 Å². The van der Waals surface area contributed by atoms with Crippen LogP contribution in [0.5, 0.6) is 0 Å². The number of carboxylic acids is 1. The molecule has 1 aliphatic carbocycles. The fourth-order valence-electron chi connectivity index (χ4n) is 4.60. The van der Waals surface area contributed by atoms with Gasteiger partial charge in [-0.25, -0.2) is 0 Å². The van der Waals surface area contributed by atoms with Crippen LogP contribution in [0.4, 0.5) is 0 Å². The summed E-state index contributed by atoms with van der Waals surface area (Å²) in [6, 6.07) is 0. The fourth-order valence-corrected chi connectivity index (χ4v) is 4.60. The molecular weight excluding hydrogens is 404 g/mol. The van der Waals surface area contributed by atoms with E-state index in [4.69, 9.17) is 5.11 Å². The van der Waals surface area contributed by atoms with Crippen LogP contribution in [-0.2, 0) is 14.4 Å². The van der Waals surface area contributed by atoms with Crippen molar-refractivity contribution in [2.75, 3.05) is 13.1 Å². The van der Waals surface area contributed by atoms with Crippen LogP contribution in [0.3, 0.4) is 0 Å². The molecule has 186 valence electrons. The van der Waals surface area contributed by atoms with E-state index in [0.29, 0.717) is 25.9 Å². The van der Waals surface area contributed by atoms with Gasteiger partial charge in [0.1, 0.15) is 0 Å². The first-order valence-electron chi connectivity index (χ1n) is 13.3. The number of amides is 2. The van der Waals surface area contributed by atoms with Gasteiger partial charge in [-0.05, 0) is 38.5 Å². The van der Waals surface area contributed by atoms with Crippen molar-refractivity contribution in [3.05, 3.63) is 0 Å². The molecule has 6 nitrogen and oxygen atoms in total. The van der Waals surface area contributed by atoms with Crippen molar-refractivity contribution in [2.24, 2.45) is 11.3 Å². The molecule has 1 rings (SSSR count). The van der Waals surface area contributed by atoms with Gasteiger partial charge in [0.05, 0.1) is 11.3 Å². The van der Waals surface area contributed by atoms with E-state index in [2.05, 4.69) is 17.6 Å². The summed E-state index contributed by atoms with van der Waals surface area (Å²) in [6.07, 6.45) is 17.4. The lowest BCUT2D eigenvalue weighted by atomic mass is 9.85. The van der Waals surface area contributed by atoms with Crippen molar-refractivity contribution >= 4 is 17.8 Å². The van der Waals surface area contributed by atoms with Crippen molar-refractivity contribution in [1.82, 2.24) is 10.6 Å². The van der Waals surface area contributed by atoms with Crippen LogP contribution in [0.15, 0.2) is 0 Å². The maximum atomic E-state index is 12.8. The summed E-state index contributed by atoms with van der Waals surface area (Å²) in [5.74, 6) is -1.02. The van der Waals surface area contributed by atoms with E-state index < -0.39 is 11.4 Å². The number of hydrogen-bond donors (Lipinski definition) is 3. The van der Waals surface area contributed by atoms with Gasteiger partial charge in [0.2, 0.25) is 11.8 Å². The Hall–Kier alpha value is -1.59. The van der Waals surface area contributed by atoms with Crippen molar-refractivity contribution in [2.45, 2.75) is 123 Å². The molecule has 0 aromatic rings. The first-order valence-corrected chi connectivity index (χ1v) is 13.3. The molecule has 0 saturated heterocycles. The van der Waals surface area contributed by atoms with Crippen LogP contribution in [0.1, 0.15) is 123 Å². The topological polar surface area (TPSA) is 95.5 Å². The van der Waals surface area contributed by atoms with Crippen molar-refractivity contribution < 1.29 is 19.5 Å². The number of aliphatic carboxylic acids is 1. The highest BCUT2D eigenvalue weighted by Gasteiger charge is 2.57. The van der Waals surface area contributed by atoms with Crippen LogP contribution >= 0.6 is 0 Å². The Bertz CT molecular complexity index is 546. The van der Waals surface area contributed by atoms with E-state index in [1.165, 1.54) is 51.4 Å². The van der Waals surface area contributed by atoms with E-state index in [1.807, 2.05) is 6.92 Å². The van der Waals surface area contributed by atoms with Crippen molar-refractivity contribution in [3.63, 3.8) is 0 Å². The van der Waals surface area contributed by atoms with Gasteiger partial charge in [-0.3, -0.25) is 14.4 Å². The van der Waals surface area contributed by atoms with Crippen molar-refractivity contribution in [3.8, 4) is 0 Å². The Morgan fingerprint density at radius 2 is 1.25 bits per heavy atom. The summed E-state index contributed by atoms with van der Waals surface area (Å²) in [5.41, 5.74) is -0.513. The summed E-state index contributed by atoms with van der Waals surface area (Å²) >= 11 is 0. The summed E-state index contributed by atoms with van der Waals surface area (Å²) in [6.45, 7) is 5.48. The second-order valence-electron chi connectivity index (χ2n) is 9.55. The summed E-state index contributed by atoms with van der Waals surface area (Å²) < 4.78 is 0. The van der Waals surface area contributed by atoms with Gasteiger partial charge in [-0.15, -0.1) is 0 Å². The summed E-state index contributed by atoms with van der Waals surface area (Å²) in [7, 11) is 0. The highest BCUT2D eigenvalue weighted by Crippen LogP contribution is 2.53. The zero-order valence-corrected chi connectivity index (χ0v) is 20.7. The number of carboxylic acid groups (broad SMARTS) is 1. The molecule has 1 saturated carbocycles. The molecule has 1 fully saturated rings. The Balaban J connectivity index is 2.17. The molecule has 6 heteroatoms. The van der Waals surface area contributed by atoms with E-state index in [0.717, 1.165) is 38.5 Å².